The van der Waals surface area contributed by atoms with Crippen molar-refractivity contribution in [1.82, 2.24) is 0 Å². The molecule has 0 aliphatic rings. The fourth-order valence-corrected chi connectivity index (χ4v) is 1.82. The quantitative estimate of drug-likeness (QED) is 0.265. The summed E-state index contributed by atoms with van der Waals surface area (Å²) in [5.41, 5.74) is -1.94. The first kappa shape index (κ1) is 33.8. The third kappa shape index (κ3) is 10.8. The molecule has 1 N–H and O–H groups in total. The minimum absolute atomic E-state index is 0. The first-order valence-corrected chi connectivity index (χ1v) is 8.44. The molecule has 140 valence electrons. The molecule has 0 aromatic heterocycles. The number of ketones is 1. The third-order valence-electron chi connectivity index (χ3n) is 3.00. The van der Waals surface area contributed by atoms with E-state index in [1.54, 1.807) is 30.3 Å². The van der Waals surface area contributed by atoms with Crippen LogP contribution in [0.15, 0.2) is 42.5 Å². The van der Waals surface area contributed by atoms with Crippen LogP contribution in [0.25, 0.3) is 0 Å². The summed E-state index contributed by atoms with van der Waals surface area (Å²) in [6.07, 6.45) is 0. The molecule has 2 aromatic carbocycles. The van der Waals surface area contributed by atoms with Crippen LogP contribution in [-0.2, 0) is 4.57 Å². The molecule has 9 nitrogen and oxygen atoms in total. The molecule has 0 unspecified atom stereocenters. The zero-order valence-electron chi connectivity index (χ0n) is 16.7. The number of carbonyl (C=O) groups excluding carboxylic acids is 2. The molecule has 2 rings (SSSR count). The monoisotopic (exact) mass is 450 g/mol. The molecule has 13 heteroatoms. The summed E-state index contributed by atoms with van der Waals surface area (Å²) >= 11 is 0. The number of hydrogen-bond donors (Lipinski definition) is 1. The average Bonchev–Trinajstić information content (AvgIpc) is 2.60. The maximum absolute atomic E-state index is 12.4. The van der Waals surface area contributed by atoms with Crippen LogP contribution in [0.4, 0.5) is 4.79 Å². The molecule has 0 atom stereocenters. The predicted octanol–water partition coefficient (Wildman–Crippen LogP) is -9.10. The van der Waals surface area contributed by atoms with Crippen LogP contribution in [0.2, 0.25) is 0 Å². The molecule has 0 saturated heterocycles. The van der Waals surface area contributed by atoms with Crippen LogP contribution in [-0.4, -0.2) is 30.8 Å². The second kappa shape index (κ2) is 15.9. The van der Waals surface area contributed by atoms with Gasteiger partial charge in [-0.25, -0.2) is 0 Å². The van der Waals surface area contributed by atoms with E-state index in [1.165, 1.54) is 20.3 Å². The molecular formula is C16H14Na3O9P. The number of benzene rings is 2. The van der Waals surface area contributed by atoms with Gasteiger partial charge in [-0.15, -0.1) is 0 Å². The Bertz CT molecular complexity index is 841. The molecule has 29 heavy (non-hydrogen) atoms. The summed E-state index contributed by atoms with van der Waals surface area (Å²) in [6, 6.07) is 11.7. The number of aromatic hydroxyl groups is 1. The first-order chi connectivity index (χ1) is 12.1. The normalized spacial score (nSPS) is 9.24. The van der Waals surface area contributed by atoms with E-state index >= 15 is 0 Å². The summed E-state index contributed by atoms with van der Waals surface area (Å²) < 4.78 is 19.3. The number of ether oxygens (including phenoxy) is 2. The van der Waals surface area contributed by atoms with E-state index in [2.05, 4.69) is 0 Å². The standard InChI is InChI=1S/C15H14O4.CH3O5P.3Na/c1-18-11-8-12(16)14(13(9-11)19-2)15(17)10-6-4-3-5-7-10;2-1(3)7(4,5)6;;;/h3-9,16H,1-2H3;(H,2,3)(H2,4,5,6);;;/q;;3*+1/p-3. The van der Waals surface area contributed by atoms with Gasteiger partial charge in [0.25, 0.3) is 0 Å². The van der Waals surface area contributed by atoms with Gasteiger partial charge in [-0.1, -0.05) is 30.3 Å². The van der Waals surface area contributed by atoms with E-state index in [-0.39, 0.29) is 112 Å². The van der Waals surface area contributed by atoms with E-state index in [1.807, 2.05) is 6.07 Å². The van der Waals surface area contributed by atoms with Crippen molar-refractivity contribution in [3.8, 4) is 17.2 Å². The van der Waals surface area contributed by atoms with Crippen LogP contribution in [0.3, 0.4) is 0 Å². The van der Waals surface area contributed by atoms with Gasteiger partial charge in [0.2, 0.25) is 5.78 Å². The molecule has 0 aliphatic heterocycles. The van der Waals surface area contributed by atoms with Crippen LogP contribution in [0.1, 0.15) is 15.9 Å². The van der Waals surface area contributed by atoms with E-state index < -0.39 is 13.3 Å². The van der Waals surface area contributed by atoms with Crippen molar-refractivity contribution in [2.45, 2.75) is 0 Å². The smallest absolute Gasteiger partial charge is 0.807 e. The maximum atomic E-state index is 12.4. The summed E-state index contributed by atoms with van der Waals surface area (Å²) in [7, 11) is -2.51. The Balaban J connectivity index is -0.000000591. The second-order valence-electron chi connectivity index (χ2n) is 4.68. The Morgan fingerprint density at radius 2 is 1.45 bits per heavy atom. The van der Waals surface area contributed by atoms with E-state index in [0.717, 1.165) is 0 Å². The van der Waals surface area contributed by atoms with Crippen molar-refractivity contribution in [1.29, 1.82) is 0 Å². The number of phenols is 1. The SMILES string of the molecule is COc1cc(O)c(C(=O)c2ccccc2)c(OC)c1.O=C([O-])P(=O)([O-])[O-].[Na+].[Na+].[Na+]. The molecule has 0 saturated carbocycles. The number of carboxylic acid groups (broad SMARTS) is 1. The Labute approximate surface area is 233 Å². The van der Waals surface area contributed by atoms with Crippen molar-refractivity contribution in [3.05, 3.63) is 53.6 Å². The number of hydrogen-bond acceptors (Lipinski definition) is 9. The second-order valence-corrected chi connectivity index (χ2v) is 6.04. The van der Waals surface area contributed by atoms with Crippen molar-refractivity contribution in [2.75, 3.05) is 14.2 Å². The number of carbonyl (C=O) groups is 2. The molecule has 2 aromatic rings. The van der Waals surface area contributed by atoms with Crippen LogP contribution < -0.4 is 113 Å². The van der Waals surface area contributed by atoms with Crippen LogP contribution in [0, 0.1) is 0 Å². The molecule has 0 aliphatic carbocycles. The minimum Gasteiger partial charge on any atom is -0.807 e. The summed E-state index contributed by atoms with van der Waals surface area (Å²) in [4.78, 5) is 39.7. The largest absolute Gasteiger partial charge is 1.00 e. The molecule has 0 radical (unpaired) electrons. The van der Waals surface area contributed by atoms with Crippen molar-refractivity contribution in [3.63, 3.8) is 0 Å². The Hall–Kier alpha value is 0.130. The van der Waals surface area contributed by atoms with Gasteiger partial charge in [0.1, 0.15) is 22.8 Å². The van der Waals surface area contributed by atoms with E-state index in [0.29, 0.717) is 11.3 Å². The molecule has 0 amide bonds. The first-order valence-electron chi connectivity index (χ1n) is 6.90. The topological polar surface area (TPSA) is 159 Å². The van der Waals surface area contributed by atoms with Gasteiger partial charge >= 0.3 is 88.7 Å². The Morgan fingerprint density at radius 1 is 0.966 bits per heavy atom. The van der Waals surface area contributed by atoms with Crippen LogP contribution in [0.5, 0.6) is 17.2 Å². The summed E-state index contributed by atoms with van der Waals surface area (Å²) in [6.45, 7) is 0. The van der Waals surface area contributed by atoms with Crippen molar-refractivity contribution in [2.24, 2.45) is 0 Å². The van der Waals surface area contributed by atoms with Crippen molar-refractivity contribution < 1.29 is 132 Å². The summed E-state index contributed by atoms with van der Waals surface area (Å²) in [5, 5.41) is 19.0. The summed E-state index contributed by atoms with van der Waals surface area (Å²) in [5.74, 6) is 0.257. The van der Waals surface area contributed by atoms with Gasteiger partial charge in [-0.3, -0.25) is 4.79 Å². The fourth-order valence-electron chi connectivity index (χ4n) is 1.82. The van der Waals surface area contributed by atoms with Gasteiger partial charge in [0.15, 0.2) is 0 Å². The predicted molar refractivity (Wildman–Crippen MR) is 84.1 cm³/mol. The van der Waals surface area contributed by atoms with Gasteiger partial charge in [0.05, 0.1) is 19.9 Å². The average molecular weight is 450 g/mol. The van der Waals surface area contributed by atoms with Gasteiger partial charge in [-0.05, 0) is 7.60 Å². The number of phenolic OH excluding ortho intramolecular Hbond substituents is 1. The van der Waals surface area contributed by atoms with Gasteiger partial charge in [-0.2, -0.15) is 0 Å². The molecule has 0 heterocycles. The Morgan fingerprint density at radius 3 is 1.83 bits per heavy atom. The van der Waals surface area contributed by atoms with Gasteiger partial charge in [0, 0.05) is 17.7 Å². The Kier molecular flexibility index (Phi) is 18.5. The maximum Gasteiger partial charge on any atom is 1.00 e. The molecule has 0 bridgehead atoms. The zero-order chi connectivity index (χ0) is 19.9. The van der Waals surface area contributed by atoms with E-state index in [4.69, 9.17) is 33.7 Å². The molecular weight excluding hydrogens is 436 g/mol. The van der Waals surface area contributed by atoms with Crippen molar-refractivity contribution >= 4 is 19.1 Å². The zero-order valence-corrected chi connectivity index (χ0v) is 23.6. The molecule has 0 spiro atoms. The number of methoxy groups -OCH3 is 2. The fraction of sp³-hybridized carbons (Fsp3) is 0.125. The number of rotatable bonds is 5. The van der Waals surface area contributed by atoms with Crippen LogP contribution >= 0.6 is 7.60 Å². The van der Waals surface area contributed by atoms with E-state index in [9.17, 15) is 9.90 Å². The molecule has 0 fully saturated rings. The minimum atomic E-state index is -5.43. The van der Waals surface area contributed by atoms with Gasteiger partial charge < -0.3 is 38.8 Å². The third-order valence-corrected chi connectivity index (χ3v) is 3.44.